The molecule has 2 fully saturated rings. The van der Waals surface area contributed by atoms with Crippen molar-refractivity contribution in [1.29, 1.82) is 0 Å². The predicted octanol–water partition coefficient (Wildman–Crippen LogP) is 1.73. The standard InChI is InChI=1S/C15H24N2O4S/c1-10(18)22-12-5-13(19)16(9-12)6-11-7-17(8-11)14(20)21-15(2,3)4/h11-12H,5-9H2,1-4H3. The normalized spacial score (nSPS) is 22.7. The van der Waals surface area contributed by atoms with Crippen LogP contribution in [0.4, 0.5) is 4.79 Å². The molecule has 2 saturated heterocycles. The average Bonchev–Trinajstić information content (AvgIpc) is 2.59. The van der Waals surface area contributed by atoms with Crippen molar-refractivity contribution in [2.75, 3.05) is 26.2 Å². The van der Waals surface area contributed by atoms with Crippen molar-refractivity contribution in [2.45, 2.75) is 45.0 Å². The molecule has 22 heavy (non-hydrogen) atoms. The van der Waals surface area contributed by atoms with E-state index in [2.05, 4.69) is 0 Å². The first-order valence-corrected chi connectivity index (χ1v) is 8.45. The number of thioether (sulfide) groups is 1. The van der Waals surface area contributed by atoms with Gasteiger partial charge in [0.1, 0.15) is 5.60 Å². The number of ether oxygens (including phenoxy) is 1. The van der Waals surface area contributed by atoms with Gasteiger partial charge in [-0.15, -0.1) is 0 Å². The van der Waals surface area contributed by atoms with Gasteiger partial charge < -0.3 is 14.5 Å². The van der Waals surface area contributed by atoms with Crippen LogP contribution in [-0.2, 0) is 14.3 Å². The average molecular weight is 328 g/mol. The van der Waals surface area contributed by atoms with Gasteiger partial charge in [-0.05, 0) is 20.8 Å². The molecule has 0 aromatic rings. The van der Waals surface area contributed by atoms with Crippen LogP contribution in [0.3, 0.4) is 0 Å². The Labute approximate surface area is 135 Å². The molecule has 0 spiro atoms. The molecule has 0 radical (unpaired) electrons. The van der Waals surface area contributed by atoms with Crippen LogP contribution in [0.25, 0.3) is 0 Å². The highest BCUT2D eigenvalue weighted by atomic mass is 32.2. The van der Waals surface area contributed by atoms with Gasteiger partial charge in [0.05, 0.1) is 0 Å². The summed E-state index contributed by atoms with van der Waals surface area (Å²) in [5.41, 5.74) is -0.482. The maximum absolute atomic E-state index is 11.9. The number of hydrogen-bond acceptors (Lipinski definition) is 5. The molecule has 0 N–H and O–H groups in total. The van der Waals surface area contributed by atoms with Gasteiger partial charge in [0, 0.05) is 50.7 Å². The summed E-state index contributed by atoms with van der Waals surface area (Å²) < 4.78 is 5.31. The maximum Gasteiger partial charge on any atom is 0.410 e. The van der Waals surface area contributed by atoms with E-state index in [1.54, 1.807) is 4.90 Å². The highest BCUT2D eigenvalue weighted by molar-refractivity contribution is 8.14. The zero-order chi connectivity index (χ0) is 16.5. The van der Waals surface area contributed by atoms with Gasteiger partial charge in [0.25, 0.3) is 0 Å². The van der Waals surface area contributed by atoms with E-state index < -0.39 is 5.60 Å². The van der Waals surface area contributed by atoms with E-state index in [1.807, 2.05) is 25.7 Å². The minimum atomic E-state index is -0.482. The van der Waals surface area contributed by atoms with Gasteiger partial charge in [-0.2, -0.15) is 0 Å². The van der Waals surface area contributed by atoms with Gasteiger partial charge in [0.15, 0.2) is 5.12 Å². The summed E-state index contributed by atoms with van der Waals surface area (Å²) in [6, 6.07) is 0. The Morgan fingerprint density at radius 3 is 2.45 bits per heavy atom. The molecule has 2 aliphatic rings. The first-order chi connectivity index (χ1) is 10.1. The lowest BCUT2D eigenvalue weighted by atomic mass is 10.0. The summed E-state index contributed by atoms with van der Waals surface area (Å²) in [5, 5.41) is 0.131. The molecule has 1 unspecified atom stereocenters. The van der Waals surface area contributed by atoms with Crippen LogP contribution in [0, 0.1) is 5.92 Å². The van der Waals surface area contributed by atoms with Crippen LogP contribution in [0.2, 0.25) is 0 Å². The van der Waals surface area contributed by atoms with Crippen LogP contribution in [0.1, 0.15) is 34.1 Å². The lowest BCUT2D eigenvalue weighted by molar-refractivity contribution is -0.128. The Morgan fingerprint density at radius 2 is 1.91 bits per heavy atom. The second-order valence-electron chi connectivity index (χ2n) is 6.99. The Kier molecular flexibility index (Phi) is 5.04. The molecule has 124 valence electrons. The smallest absolute Gasteiger partial charge is 0.410 e. The summed E-state index contributed by atoms with van der Waals surface area (Å²) in [7, 11) is 0. The van der Waals surface area contributed by atoms with Gasteiger partial charge in [-0.1, -0.05) is 11.8 Å². The molecule has 2 amide bonds. The molecule has 7 heteroatoms. The van der Waals surface area contributed by atoms with Crippen LogP contribution in [0.15, 0.2) is 0 Å². The Balaban J connectivity index is 1.73. The third-order valence-corrected chi connectivity index (χ3v) is 4.58. The summed E-state index contributed by atoms with van der Waals surface area (Å²) in [5.74, 6) is 0.409. The summed E-state index contributed by atoms with van der Waals surface area (Å²) in [4.78, 5) is 38.4. The number of carbonyl (C=O) groups excluding carboxylic acids is 3. The highest BCUT2D eigenvalue weighted by Crippen LogP contribution is 2.27. The first kappa shape index (κ1) is 17.1. The summed E-state index contributed by atoms with van der Waals surface area (Å²) in [6.07, 6.45) is 0.147. The lowest BCUT2D eigenvalue weighted by Gasteiger charge is -2.41. The second-order valence-corrected chi connectivity index (χ2v) is 8.46. The Hall–Kier alpha value is -1.24. The lowest BCUT2D eigenvalue weighted by Crippen LogP contribution is -2.55. The molecule has 1 atom stereocenters. The fraction of sp³-hybridized carbons (Fsp3) is 0.800. The number of amides is 2. The molecular formula is C15H24N2O4S. The van der Waals surface area contributed by atoms with E-state index in [9.17, 15) is 14.4 Å². The largest absolute Gasteiger partial charge is 0.444 e. The molecule has 0 saturated carbocycles. The van der Waals surface area contributed by atoms with Crippen LogP contribution in [-0.4, -0.2) is 63.9 Å². The topological polar surface area (TPSA) is 66.9 Å². The Morgan fingerprint density at radius 1 is 1.27 bits per heavy atom. The van der Waals surface area contributed by atoms with E-state index in [0.717, 1.165) is 0 Å². The number of nitrogens with zero attached hydrogens (tertiary/aromatic N) is 2. The first-order valence-electron chi connectivity index (χ1n) is 7.57. The molecule has 6 nitrogen and oxygen atoms in total. The monoisotopic (exact) mass is 328 g/mol. The maximum atomic E-state index is 11.9. The van der Waals surface area contributed by atoms with Crippen molar-refractivity contribution in [3.05, 3.63) is 0 Å². The minimum absolute atomic E-state index is 0.0550. The van der Waals surface area contributed by atoms with Crippen molar-refractivity contribution >= 4 is 28.9 Å². The molecule has 2 aliphatic heterocycles. The number of rotatable bonds is 3. The van der Waals surface area contributed by atoms with E-state index in [-0.39, 0.29) is 22.4 Å². The predicted molar refractivity (Wildman–Crippen MR) is 84.6 cm³/mol. The fourth-order valence-corrected chi connectivity index (χ4v) is 3.65. The van der Waals surface area contributed by atoms with E-state index in [1.165, 1.54) is 18.7 Å². The van der Waals surface area contributed by atoms with E-state index >= 15 is 0 Å². The van der Waals surface area contributed by atoms with Gasteiger partial charge in [-0.3, -0.25) is 9.59 Å². The SMILES string of the molecule is CC(=O)SC1CC(=O)N(CC2CN(C(=O)OC(C)(C)C)C2)C1. The number of hydrogen-bond donors (Lipinski definition) is 0. The molecule has 0 aromatic carbocycles. The van der Waals surface area contributed by atoms with Crippen LogP contribution < -0.4 is 0 Å². The van der Waals surface area contributed by atoms with Gasteiger partial charge in [0.2, 0.25) is 5.91 Å². The zero-order valence-corrected chi connectivity index (χ0v) is 14.4. The van der Waals surface area contributed by atoms with Crippen LogP contribution in [0.5, 0.6) is 0 Å². The molecular weight excluding hydrogens is 304 g/mol. The zero-order valence-electron chi connectivity index (χ0n) is 13.6. The minimum Gasteiger partial charge on any atom is -0.444 e. The van der Waals surface area contributed by atoms with Gasteiger partial charge in [-0.25, -0.2) is 4.79 Å². The molecule has 0 bridgehead atoms. The third-order valence-electron chi connectivity index (χ3n) is 3.60. The third kappa shape index (κ3) is 4.63. The van der Waals surface area contributed by atoms with E-state index in [0.29, 0.717) is 38.5 Å². The summed E-state index contributed by atoms with van der Waals surface area (Å²) in [6.45, 7) is 9.61. The fourth-order valence-electron chi connectivity index (χ4n) is 2.70. The van der Waals surface area contributed by atoms with Crippen molar-refractivity contribution in [3.8, 4) is 0 Å². The number of likely N-dealkylation sites (tertiary alicyclic amines) is 2. The molecule has 2 rings (SSSR count). The van der Waals surface area contributed by atoms with Crippen molar-refractivity contribution < 1.29 is 19.1 Å². The Bertz CT molecular complexity index is 469. The molecule has 2 heterocycles. The van der Waals surface area contributed by atoms with Gasteiger partial charge >= 0.3 is 6.09 Å². The van der Waals surface area contributed by atoms with Crippen molar-refractivity contribution in [3.63, 3.8) is 0 Å². The van der Waals surface area contributed by atoms with Crippen molar-refractivity contribution in [2.24, 2.45) is 5.92 Å². The summed E-state index contributed by atoms with van der Waals surface area (Å²) >= 11 is 1.25. The molecule has 0 aromatic heterocycles. The second kappa shape index (κ2) is 6.48. The highest BCUT2D eigenvalue weighted by Gasteiger charge is 2.38. The van der Waals surface area contributed by atoms with E-state index in [4.69, 9.17) is 4.74 Å². The van der Waals surface area contributed by atoms with Crippen LogP contribution >= 0.6 is 11.8 Å². The van der Waals surface area contributed by atoms with Crippen molar-refractivity contribution in [1.82, 2.24) is 9.80 Å². The molecule has 0 aliphatic carbocycles. The number of carbonyl (C=O) groups is 3. The quantitative estimate of drug-likeness (QED) is 0.789.